The number of ether oxygens (including phenoxy) is 2. The van der Waals surface area contributed by atoms with E-state index < -0.39 is 11.8 Å². The van der Waals surface area contributed by atoms with Gasteiger partial charge in [-0.2, -0.15) is 0 Å². The van der Waals surface area contributed by atoms with E-state index in [4.69, 9.17) is 9.47 Å². The zero-order valence-electron chi connectivity index (χ0n) is 14.0. The van der Waals surface area contributed by atoms with Gasteiger partial charge in [-0.15, -0.1) is 0 Å². The fraction of sp³-hybridized carbons (Fsp3) is 0.105. The molecule has 3 rings (SSSR count). The molecule has 6 nitrogen and oxygen atoms in total. The molecular weight excluding hydrogens is 352 g/mol. The van der Waals surface area contributed by atoms with E-state index in [2.05, 4.69) is 22.9 Å². The van der Waals surface area contributed by atoms with Crippen molar-refractivity contribution in [2.75, 3.05) is 7.11 Å². The molecule has 0 aromatic heterocycles. The van der Waals surface area contributed by atoms with Crippen LogP contribution in [0.1, 0.15) is 11.1 Å². The van der Waals surface area contributed by atoms with Crippen LogP contribution in [-0.4, -0.2) is 24.1 Å². The molecule has 2 aromatic carbocycles. The van der Waals surface area contributed by atoms with Crippen LogP contribution in [0, 0.1) is 0 Å². The van der Waals surface area contributed by atoms with Crippen molar-refractivity contribution in [3.05, 3.63) is 65.2 Å². The topological polar surface area (TPSA) is 78.6 Å². The highest BCUT2D eigenvalue weighted by atomic mass is 32.1. The number of carbonyl (C=O) groups is 2. The van der Waals surface area contributed by atoms with Gasteiger partial charge in [0.15, 0.2) is 17.1 Å². The van der Waals surface area contributed by atoms with Crippen molar-refractivity contribution in [1.29, 1.82) is 0 Å². The zero-order chi connectivity index (χ0) is 18.5. The summed E-state index contributed by atoms with van der Waals surface area (Å²) in [4.78, 5) is 26.4. The number of thiol groups is 1. The van der Waals surface area contributed by atoms with Gasteiger partial charge in [-0.25, -0.2) is 19.9 Å². The lowest BCUT2D eigenvalue weighted by Crippen LogP contribution is -2.83. The molecule has 132 valence electrons. The Hall–Kier alpha value is -3.06. The molecule has 0 saturated carbocycles. The summed E-state index contributed by atoms with van der Waals surface area (Å²) in [6.07, 6.45) is 1.49. The summed E-state index contributed by atoms with van der Waals surface area (Å²) >= 11 is 3.94. The van der Waals surface area contributed by atoms with E-state index >= 15 is 0 Å². The molecule has 0 atom stereocenters. The highest BCUT2D eigenvalue weighted by molar-refractivity contribution is 7.96. The van der Waals surface area contributed by atoms with Gasteiger partial charge in [0.1, 0.15) is 6.61 Å². The van der Waals surface area contributed by atoms with E-state index in [9.17, 15) is 9.59 Å². The predicted octanol–water partition coefficient (Wildman–Crippen LogP) is 0.680. The maximum absolute atomic E-state index is 12.0. The van der Waals surface area contributed by atoms with Crippen LogP contribution in [0.3, 0.4) is 0 Å². The lowest BCUT2D eigenvalue weighted by molar-refractivity contribution is -0.372. The summed E-state index contributed by atoms with van der Waals surface area (Å²) in [5, 5.41) is 2.56. The summed E-state index contributed by atoms with van der Waals surface area (Å²) < 4.78 is 11.2. The van der Waals surface area contributed by atoms with Crippen LogP contribution in [0.25, 0.3) is 6.08 Å². The number of amidine groups is 1. The minimum atomic E-state index is -0.513. The highest BCUT2D eigenvalue weighted by Crippen LogP contribution is 2.29. The second-order valence-corrected chi connectivity index (χ2v) is 5.95. The Morgan fingerprint density at radius 2 is 1.88 bits per heavy atom. The number of benzene rings is 2. The lowest BCUT2D eigenvalue weighted by atomic mass is 10.1. The first-order valence-corrected chi connectivity index (χ1v) is 8.26. The van der Waals surface area contributed by atoms with Crippen LogP contribution in [-0.2, 0) is 16.2 Å². The Bertz CT molecular complexity index is 907. The second kappa shape index (κ2) is 7.88. The van der Waals surface area contributed by atoms with Crippen molar-refractivity contribution in [1.82, 2.24) is 5.32 Å². The third-order valence-electron chi connectivity index (χ3n) is 3.69. The molecule has 0 bridgehead atoms. The molecule has 0 fully saturated rings. The van der Waals surface area contributed by atoms with Crippen LogP contribution in [0.15, 0.2) is 54.1 Å². The first-order chi connectivity index (χ1) is 12.6. The van der Waals surface area contributed by atoms with Crippen LogP contribution in [0.4, 0.5) is 0 Å². The SMILES string of the molecule is COc1ccc(/C=C2/C(=O)NC(S)=[NH+]C2=O)cc1OCc1ccccc1. The summed E-state index contributed by atoms with van der Waals surface area (Å²) in [7, 11) is 1.55. The number of amides is 2. The first kappa shape index (κ1) is 17.8. The van der Waals surface area contributed by atoms with E-state index in [1.54, 1.807) is 25.3 Å². The van der Waals surface area contributed by atoms with Crippen LogP contribution in [0.5, 0.6) is 11.5 Å². The third-order valence-corrected chi connectivity index (χ3v) is 3.91. The Morgan fingerprint density at radius 3 is 2.58 bits per heavy atom. The van der Waals surface area contributed by atoms with Gasteiger partial charge in [-0.05, 0) is 29.3 Å². The Kier molecular flexibility index (Phi) is 5.38. The maximum atomic E-state index is 12.0. The normalized spacial score (nSPS) is 15.5. The molecule has 0 saturated heterocycles. The average Bonchev–Trinajstić information content (AvgIpc) is 2.64. The molecule has 1 aliphatic rings. The Balaban J connectivity index is 1.86. The fourth-order valence-electron chi connectivity index (χ4n) is 2.41. The van der Waals surface area contributed by atoms with Crippen molar-refractivity contribution in [2.45, 2.75) is 6.61 Å². The highest BCUT2D eigenvalue weighted by Gasteiger charge is 2.30. The van der Waals surface area contributed by atoms with Crippen molar-refractivity contribution in [2.24, 2.45) is 0 Å². The van der Waals surface area contributed by atoms with E-state index in [1.165, 1.54) is 6.08 Å². The molecule has 2 aromatic rings. The van der Waals surface area contributed by atoms with E-state index in [0.29, 0.717) is 23.7 Å². The van der Waals surface area contributed by atoms with Crippen molar-refractivity contribution < 1.29 is 24.1 Å². The van der Waals surface area contributed by atoms with Gasteiger partial charge < -0.3 is 9.47 Å². The molecule has 0 unspecified atom stereocenters. The van der Waals surface area contributed by atoms with Crippen LogP contribution in [0.2, 0.25) is 0 Å². The molecule has 7 heteroatoms. The largest absolute Gasteiger partial charge is 0.493 e. The Morgan fingerprint density at radius 1 is 1.12 bits per heavy atom. The number of methoxy groups -OCH3 is 1. The molecule has 26 heavy (non-hydrogen) atoms. The standard InChI is InChI=1S/C19H16N2O4S/c1-24-15-8-7-13(9-14-17(22)20-19(26)21-18(14)23)10-16(15)25-11-12-5-3-2-4-6-12/h2-10H,11H2,1H3,(H2,20,21,22,23,26)/p+1. The third kappa shape index (κ3) is 4.12. The number of hydrogen-bond acceptors (Lipinski definition) is 4. The van der Waals surface area contributed by atoms with Crippen molar-refractivity contribution in [3.8, 4) is 11.5 Å². The molecule has 1 aliphatic heterocycles. The quantitative estimate of drug-likeness (QED) is 0.412. The van der Waals surface area contributed by atoms with Gasteiger partial charge in [0.25, 0.3) is 0 Å². The van der Waals surface area contributed by atoms with Gasteiger partial charge in [0, 0.05) is 0 Å². The van der Waals surface area contributed by atoms with E-state index in [-0.39, 0.29) is 10.7 Å². The number of hydrogen-bond donors (Lipinski definition) is 3. The van der Waals surface area contributed by atoms with E-state index in [1.807, 2.05) is 30.3 Å². The van der Waals surface area contributed by atoms with Gasteiger partial charge in [0.05, 0.1) is 7.11 Å². The molecule has 0 aliphatic carbocycles. The fourth-order valence-corrected chi connectivity index (χ4v) is 2.62. The van der Waals surface area contributed by atoms with Gasteiger partial charge in [-0.3, -0.25) is 0 Å². The molecule has 1 heterocycles. The predicted molar refractivity (Wildman–Crippen MR) is 99.9 cm³/mol. The smallest absolute Gasteiger partial charge is 0.347 e. The first-order valence-electron chi connectivity index (χ1n) is 7.82. The van der Waals surface area contributed by atoms with Crippen LogP contribution < -0.4 is 19.8 Å². The number of carbonyl (C=O) groups excluding carboxylic acids is 2. The summed E-state index contributed by atoms with van der Waals surface area (Å²) in [6.45, 7) is 0.371. The van der Waals surface area contributed by atoms with Crippen molar-refractivity contribution in [3.63, 3.8) is 0 Å². The average molecular weight is 369 g/mol. The summed E-state index contributed by atoms with van der Waals surface area (Å²) in [5.41, 5.74) is 1.64. The summed E-state index contributed by atoms with van der Waals surface area (Å²) in [6, 6.07) is 14.9. The van der Waals surface area contributed by atoms with Gasteiger partial charge >= 0.3 is 17.0 Å². The van der Waals surface area contributed by atoms with Crippen molar-refractivity contribution >= 4 is 35.7 Å². The van der Waals surface area contributed by atoms with Crippen LogP contribution >= 0.6 is 12.6 Å². The number of nitrogens with one attached hydrogen (secondary N) is 2. The van der Waals surface area contributed by atoms with Gasteiger partial charge in [-0.1, -0.05) is 49.0 Å². The lowest BCUT2D eigenvalue weighted by Gasteiger charge is -2.12. The molecule has 0 spiro atoms. The monoisotopic (exact) mass is 369 g/mol. The zero-order valence-corrected chi connectivity index (χ0v) is 14.9. The van der Waals surface area contributed by atoms with Gasteiger partial charge in [0.2, 0.25) is 0 Å². The second-order valence-electron chi connectivity index (χ2n) is 5.50. The Labute approximate surface area is 155 Å². The number of rotatable bonds is 5. The minimum absolute atomic E-state index is 0.0121. The minimum Gasteiger partial charge on any atom is -0.493 e. The summed E-state index contributed by atoms with van der Waals surface area (Å²) in [5.74, 6) is 0.0537. The molecule has 2 N–H and O–H groups in total. The maximum Gasteiger partial charge on any atom is 0.347 e. The molecular formula is C19H17N2O4S+. The van der Waals surface area contributed by atoms with E-state index in [0.717, 1.165) is 5.56 Å². The molecule has 2 amide bonds. The molecule has 0 radical (unpaired) electrons.